The fraction of sp³-hybridized carbons (Fsp3) is 0.154. The van der Waals surface area contributed by atoms with Crippen molar-refractivity contribution in [2.24, 2.45) is 4.99 Å². The first-order valence-corrected chi connectivity index (χ1v) is 17.2. The lowest BCUT2D eigenvalue weighted by atomic mass is 9.89. The molecule has 0 saturated heterocycles. The molecule has 0 N–H and O–H groups in total. The standard InChI is InChI=1S/C39H32BrN3O4S/c1-5-47-38(45)34-35(26-12-7-6-8-13-26)41-39-43(36(34)33-30-14-10-9-11-25(30)15-20-31(33)46-4)37(44)32(48-39)22-27-21-23(2)42(24(27)3)29-18-16-28(40)17-19-29/h6-22,36H,5H2,1-4H3/b32-22+/t36-/m1/s1. The van der Waals surface area contributed by atoms with E-state index in [-0.39, 0.29) is 17.7 Å². The SMILES string of the molecule is CCOC(=O)C1=C(c2ccccc2)N=c2s/c(=C/c3cc(C)n(-c4ccc(Br)cc4)c3C)c(=O)n2[C@@H]1c1c(OC)ccc2ccccc12. The van der Waals surface area contributed by atoms with Gasteiger partial charge in [-0.3, -0.25) is 9.36 Å². The van der Waals surface area contributed by atoms with Crippen molar-refractivity contribution in [3.63, 3.8) is 0 Å². The van der Waals surface area contributed by atoms with E-state index >= 15 is 0 Å². The smallest absolute Gasteiger partial charge is 0.338 e. The molecule has 0 spiro atoms. The van der Waals surface area contributed by atoms with Gasteiger partial charge in [0.25, 0.3) is 5.56 Å². The minimum Gasteiger partial charge on any atom is -0.496 e. The van der Waals surface area contributed by atoms with E-state index < -0.39 is 12.0 Å². The van der Waals surface area contributed by atoms with Crippen molar-refractivity contribution < 1.29 is 14.3 Å². The predicted octanol–water partition coefficient (Wildman–Crippen LogP) is 7.27. The molecule has 7 nitrogen and oxygen atoms in total. The molecule has 3 heterocycles. The Morgan fingerprint density at radius 3 is 2.44 bits per heavy atom. The molecule has 48 heavy (non-hydrogen) atoms. The number of aryl methyl sites for hydroxylation is 1. The third-order valence-corrected chi connectivity index (χ3v) is 10.2. The Kier molecular flexibility index (Phi) is 8.49. The summed E-state index contributed by atoms with van der Waals surface area (Å²) in [6, 6.07) is 30.7. The first-order chi connectivity index (χ1) is 23.3. The van der Waals surface area contributed by atoms with Crippen LogP contribution in [0.3, 0.4) is 0 Å². The molecular weight excluding hydrogens is 686 g/mol. The van der Waals surface area contributed by atoms with E-state index in [0.717, 1.165) is 43.4 Å². The Morgan fingerprint density at radius 2 is 1.71 bits per heavy atom. The van der Waals surface area contributed by atoms with Crippen LogP contribution in [0, 0.1) is 13.8 Å². The number of aromatic nitrogens is 2. The number of nitrogens with zero attached hydrogens (tertiary/aromatic N) is 3. The molecule has 7 rings (SSSR count). The summed E-state index contributed by atoms with van der Waals surface area (Å²) in [7, 11) is 1.60. The zero-order valence-corrected chi connectivity index (χ0v) is 29.3. The largest absolute Gasteiger partial charge is 0.496 e. The first kappa shape index (κ1) is 31.6. The summed E-state index contributed by atoms with van der Waals surface area (Å²) in [5.41, 5.74) is 5.95. The van der Waals surface area contributed by atoms with Crippen LogP contribution in [-0.2, 0) is 9.53 Å². The van der Waals surface area contributed by atoms with Crippen molar-refractivity contribution in [2.45, 2.75) is 26.8 Å². The molecule has 1 atom stereocenters. The third kappa shape index (κ3) is 5.42. The number of carbonyl (C=O) groups excluding carboxylic acids is 1. The lowest BCUT2D eigenvalue weighted by Gasteiger charge is -2.28. The molecule has 2 aromatic heterocycles. The second-order valence-electron chi connectivity index (χ2n) is 11.5. The molecule has 6 aromatic rings. The third-order valence-electron chi connectivity index (χ3n) is 8.64. The van der Waals surface area contributed by atoms with Gasteiger partial charge in [0.1, 0.15) is 11.8 Å². The van der Waals surface area contributed by atoms with E-state index in [0.29, 0.717) is 26.3 Å². The van der Waals surface area contributed by atoms with Gasteiger partial charge < -0.3 is 14.0 Å². The number of carbonyl (C=O) groups is 1. The van der Waals surface area contributed by atoms with Crippen LogP contribution < -0.4 is 19.6 Å². The van der Waals surface area contributed by atoms with Crippen LogP contribution in [0.1, 0.15) is 41.0 Å². The summed E-state index contributed by atoms with van der Waals surface area (Å²) in [5.74, 6) is 0.0230. The van der Waals surface area contributed by atoms with Crippen molar-refractivity contribution in [2.75, 3.05) is 13.7 Å². The second kappa shape index (κ2) is 12.9. The van der Waals surface area contributed by atoms with Gasteiger partial charge in [-0.25, -0.2) is 9.79 Å². The van der Waals surface area contributed by atoms with E-state index in [1.54, 1.807) is 18.6 Å². The molecule has 0 bridgehead atoms. The monoisotopic (exact) mass is 717 g/mol. The maximum absolute atomic E-state index is 14.7. The molecule has 0 amide bonds. The number of hydrogen-bond acceptors (Lipinski definition) is 6. The number of methoxy groups -OCH3 is 1. The van der Waals surface area contributed by atoms with Gasteiger partial charge in [-0.1, -0.05) is 87.9 Å². The number of hydrogen-bond donors (Lipinski definition) is 0. The summed E-state index contributed by atoms with van der Waals surface area (Å²) in [4.78, 5) is 34.2. The summed E-state index contributed by atoms with van der Waals surface area (Å²) in [6.07, 6.45) is 1.93. The number of esters is 1. The average Bonchev–Trinajstić information content (AvgIpc) is 3.57. The highest BCUT2D eigenvalue weighted by molar-refractivity contribution is 9.10. The number of halogens is 1. The number of benzene rings is 4. The van der Waals surface area contributed by atoms with Gasteiger partial charge in [-0.15, -0.1) is 0 Å². The molecule has 1 aliphatic heterocycles. The Balaban J connectivity index is 1.54. The zero-order valence-electron chi connectivity index (χ0n) is 26.9. The van der Waals surface area contributed by atoms with E-state index in [4.69, 9.17) is 14.5 Å². The van der Waals surface area contributed by atoms with Crippen molar-refractivity contribution in [3.8, 4) is 11.4 Å². The molecule has 0 aliphatic carbocycles. The molecule has 0 saturated carbocycles. The van der Waals surface area contributed by atoms with Gasteiger partial charge in [0, 0.05) is 32.7 Å². The minimum absolute atomic E-state index is 0.169. The van der Waals surface area contributed by atoms with Crippen molar-refractivity contribution in [1.29, 1.82) is 0 Å². The molecule has 0 fully saturated rings. The number of fused-ring (bicyclic) bond motifs is 2. The molecule has 0 radical (unpaired) electrons. The maximum Gasteiger partial charge on any atom is 0.338 e. The van der Waals surface area contributed by atoms with Crippen LogP contribution in [0.5, 0.6) is 5.75 Å². The summed E-state index contributed by atoms with van der Waals surface area (Å²) >= 11 is 4.83. The highest BCUT2D eigenvalue weighted by Gasteiger charge is 2.37. The normalized spacial score (nSPS) is 14.6. The van der Waals surface area contributed by atoms with E-state index in [9.17, 15) is 9.59 Å². The summed E-state index contributed by atoms with van der Waals surface area (Å²) in [6.45, 7) is 6.04. The molecular formula is C39H32BrN3O4S. The van der Waals surface area contributed by atoms with E-state index in [1.165, 1.54) is 11.3 Å². The van der Waals surface area contributed by atoms with Gasteiger partial charge in [-0.05, 0) is 79.6 Å². The fourth-order valence-corrected chi connectivity index (χ4v) is 7.77. The van der Waals surface area contributed by atoms with E-state index in [2.05, 4.69) is 45.6 Å². The second-order valence-corrected chi connectivity index (χ2v) is 13.4. The highest BCUT2D eigenvalue weighted by atomic mass is 79.9. The lowest BCUT2D eigenvalue weighted by molar-refractivity contribution is -0.138. The Morgan fingerprint density at radius 1 is 0.979 bits per heavy atom. The maximum atomic E-state index is 14.7. The van der Waals surface area contributed by atoms with Crippen LogP contribution in [0.4, 0.5) is 0 Å². The number of thiazole rings is 1. The zero-order chi connectivity index (χ0) is 33.5. The fourth-order valence-electron chi connectivity index (χ4n) is 6.51. The van der Waals surface area contributed by atoms with Crippen LogP contribution in [-0.4, -0.2) is 28.8 Å². The Hall–Kier alpha value is -4.99. The van der Waals surface area contributed by atoms with Gasteiger partial charge >= 0.3 is 5.97 Å². The number of rotatable bonds is 7. The van der Waals surface area contributed by atoms with Gasteiger partial charge in [0.15, 0.2) is 4.80 Å². The van der Waals surface area contributed by atoms with Gasteiger partial charge in [-0.2, -0.15) is 0 Å². The van der Waals surface area contributed by atoms with Crippen LogP contribution in [0.25, 0.3) is 28.2 Å². The topological polar surface area (TPSA) is 74.8 Å². The van der Waals surface area contributed by atoms with Crippen molar-refractivity contribution in [3.05, 3.63) is 155 Å². The van der Waals surface area contributed by atoms with Crippen LogP contribution in [0.15, 0.2) is 117 Å². The summed E-state index contributed by atoms with van der Waals surface area (Å²) in [5, 5.41) is 1.82. The van der Waals surface area contributed by atoms with E-state index in [1.807, 2.05) is 91.9 Å². The number of ether oxygens (including phenoxy) is 2. The van der Waals surface area contributed by atoms with Crippen molar-refractivity contribution >= 4 is 55.8 Å². The molecule has 4 aromatic carbocycles. The highest BCUT2D eigenvalue weighted by Crippen LogP contribution is 2.42. The molecule has 1 aliphatic rings. The van der Waals surface area contributed by atoms with Crippen LogP contribution >= 0.6 is 27.3 Å². The lowest BCUT2D eigenvalue weighted by Crippen LogP contribution is -2.40. The summed E-state index contributed by atoms with van der Waals surface area (Å²) < 4.78 is 16.9. The molecule has 0 unspecified atom stereocenters. The predicted molar refractivity (Wildman–Crippen MR) is 195 cm³/mol. The average molecular weight is 719 g/mol. The van der Waals surface area contributed by atoms with Crippen LogP contribution in [0.2, 0.25) is 0 Å². The van der Waals surface area contributed by atoms with Crippen molar-refractivity contribution in [1.82, 2.24) is 9.13 Å². The minimum atomic E-state index is -0.867. The first-order valence-electron chi connectivity index (χ1n) is 15.6. The Bertz CT molecular complexity index is 2420. The van der Waals surface area contributed by atoms with Gasteiger partial charge in [0.05, 0.1) is 29.5 Å². The quantitative estimate of drug-likeness (QED) is 0.163. The van der Waals surface area contributed by atoms with Gasteiger partial charge in [0.2, 0.25) is 0 Å². The molecule has 240 valence electrons. The molecule has 9 heteroatoms. The Labute approximate surface area is 289 Å².